The molecule has 4 heteroatoms. The van der Waals surface area contributed by atoms with Gasteiger partial charge in [-0.25, -0.2) is 5.01 Å². The Hall–Kier alpha value is -0.350. The molecule has 0 aliphatic carbocycles. The van der Waals surface area contributed by atoms with Crippen molar-refractivity contribution in [2.45, 2.75) is 58.5 Å². The summed E-state index contributed by atoms with van der Waals surface area (Å²) in [6.45, 7) is 7.60. The summed E-state index contributed by atoms with van der Waals surface area (Å²) >= 11 is 5.24. The van der Waals surface area contributed by atoms with Gasteiger partial charge in [-0.05, 0) is 45.3 Å². The predicted octanol–water partition coefficient (Wildman–Crippen LogP) is 2.04. The van der Waals surface area contributed by atoms with Crippen molar-refractivity contribution < 1.29 is 0 Å². The highest BCUT2D eigenvalue weighted by Crippen LogP contribution is 2.19. The van der Waals surface area contributed by atoms with Gasteiger partial charge in [0.1, 0.15) is 0 Å². The number of thiocarbonyl (C=S) groups is 1. The molecule has 15 heavy (non-hydrogen) atoms. The Bertz CT molecular complexity index is 198. The molecule has 0 aromatic rings. The zero-order valence-corrected chi connectivity index (χ0v) is 10.9. The van der Waals surface area contributed by atoms with Crippen LogP contribution in [0.3, 0.4) is 0 Å². The van der Waals surface area contributed by atoms with Crippen LogP contribution in [0.1, 0.15) is 46.5 Å². The summed E-state index contributed by atoms with van der Waals surface area (Å²) in [5.41, 5.74) is 3.31. The Morgan fingerprint density at radius 2 is 1.93 bits per heavy atom. The molecule has 3 nitrogen and oxygen atoms in total. The van der Waals surface area contributed by atoms with Gasteiger partial charge in [-0.1, -0.05) is 13.3 Å². The van der Waals surface area contributed by atoms with E-state index < -0.39 is 0 Å². The lowest BCUT2D eigenvalue weighted by Gasteiger charge is -2.39. The fourth-order valence-corrected chi connectivity index (χ4v) is 2.24. The predicted molar refractivity (Wildman–Crippen MR) is 68.6 cm³/mol. The fraction of sp³-hybridized carbons (Fsp3) is 0.909. The lowest BCUT2D eigenvalue weighted by molar-refractivity contribution is 0.0737. The van der Waals surface area contributed by atoms with Crippen molar-refractivity contribution >= 4 is 17.3 Å². The van der Waals surface area contributed by atoms with Crippen LogP contribution in [0.2, 0.25) is 0 Å². The average Bonchev–Trinajstić information content (AvgIpc) is 2.21. The van der Waals surface area contributed by atoms with Crippen molar-refractivity contribution in [2.75, 3.05) is 6.54 Å². The molecule has 1 heterocycles. The summed E-state index contributed by atoms with van der Waals surface area (Å²) in [5, 5.41) is 6.25. The van der Waals surface area contributed by atoms with Gasteiger partial charge in [-0.2, -0.15) is 0 Å². The first-order valence-corrected chi connectivity index (χ1v) is 6.38. The summed E-state index contributed by atoms with van der Waals surface area (Å²) in [6.07, 6.45) is 4.95. The standard InChI is InChI=1S/C11H23N3S/c1-4-8-12-11(15)13-14-9(2)6-5-7-10(14)3/h9-10H,4-8H2,1-3H3,(H2,12,13,15). The molecule has 1 aliphatic heterocycles. The maximum atomic E-state index is 5.24. The summed E-state index contributed by atoms with van der Waals surface area (Å²) in [7, 11) is 0. The fourth-order valence-electron chi connectivity index (χ4n) is 2.04. The van der Waals surface area contributed by atoms with E-state index >= 15 is 0 Å². The molecule has 1 aliphatic rings. The van der Waals surface area contributed by atoms with Gasteiger partial charge in [0.05, 0.1) is 0 Å². The quantitative estimate of drug-likeness (QED) is 0.724. The van der Waals surface area contributed by atoms with Gasteiger partial charge in [0.2, 0.25) is 0 Å². The number of hydrogen-bond acceptors (Lipinski definition) is 2. The minimum atomic E-state index is 0.579. The third-order valence-electron chi connectivity index (χ3n) is 2.96. The Kier molecular flexibility index (Phi) is 5.32. The van der Waals surface area contributed by atoms with Gasteiger partial charge in [-0.15, -0.1) is 0 Å². The van der Waals surface area contributed by atoms with E-state index in [1.54, 1.807) is 0 Å². The molecule has 0 amide bonds. The lowest BCUT2D eigenvalue weighted by atomic mass is 10.00. The van der Waals surface area contributed by atoms with Crippen LogP contribution >= 0.6 is 12.2 Å². The topological polar surface area (TPSA) is 27.3 Å². The van der Waals surface area contributed by atoms with Crippen molar-refractivity contribution in [3.05, 3.63) is 0 Å². The van der Waals surface area contributed by atoms with E-state index in [4.69, 9.17) is 12.2 Å². The van der Waals surface area contributed by atoms with Crippen molar-refractivity contribution in [1.29, 1.82) is 0 Å². The van der Waals surface area contributed by atoms with E-state index in [1.165, 1.54) is 19.3 Å². The van der Waals surface area contributed by atoms with Gasteiger partial charge < -0.3 is 5.32 Å². The molecule has 2 N–H and O–H groups in total. The summed E-state index contributed by atoms with van der Waals surface area (Å²) in [5.74, 6) is 0. The van der Waals surface area contributed by atoms with Crippen LogP contribution in [0.4, 0.5) is 0 Å². The van der Waals surface area contributed by atoms with Crippen molar-refractivity contribution in [3.63, 3.8) is 0 Å². The molecule has 88 valence electrons. The van der Waals surface area contributed by atoms with Gasteiger partial charge in [0.15, 0.2) is 5.11 Å². The second-order valence-electron chi connectivity index (χ2n) is 4.40. The van der Waals surface area contributed by atoms with Crippen LogP contribution in [0.5, 0.6) is 0 Å². The smallest absolute Gasteiger partial charge is 0.181 e. The molecule has 0 spiro atoms. The molecule has 0 aromatic carbocycles. The van der Waals surface area contributed by atoms with Gasteiger partial charge in [0, 0.05) is 18.6 Å². The largest absolute Gasteiger partial charge is 0.362 e. The van der Waals surface area contributed by atoms with Crippen molar-refractivity contribution in [3.8, 4) is 0 Å². The number of nitrogens with zero attached hydrogens (tertiary/aromatic N) is 1. The highest BCUT2D eigenvalue weighted by molar-refractivity contribution is 7.80. The molecule has 1 saturated heterocycles. The average molecular weight is 229 g/mol. The number of hydrogen-bond donors (Lipinski definition) is 2. The molecular weight excluding hydrogens is 206 g/mol. The molecule has 0 bridgehead atoms. The van der Waals surface area contributed by atoms with Crippen LogP contribution in [0, 0.1) is 0 Å². The zero-order valence-electron chi connectivity index (χ0n) is 10.0. The Morgan fingerprint density at radius 1 is 1.33 bits per heavy atom. The first-order chi connectivity index (χ1) is 7.15. The third kappa shape index (κ3) is 3.95. The molecule has 2 atom stereocenters. The Labute approximate surface area is 98.6 Å². The molecule has 0 aromatic heterocycles. The molecular formula is C11H23N3S. The molecule has 2 unspecified atom stereocenters. The van der Waals surface area contributed by atoms with Gasteiger partial charge >= 0.3 is 0 Å². The zero-order chi connectivity index (χ0) is 11.3. The van der Waals surface area contributed by atoms with Crippen LogP contribution < -0.4 is 10.7 Å². The summed E-state index contributed by atoms with van der Waals surface area (Å²) in [6, 6.07) is 1.16. The van der Waals surface area contributed by atoms with Crippen LogP contribution in [0.15, 0.2) is 0 Å². The van der Waals surface area contributed by atoms with E-state index in [-0.39, 0.29) is 0 Å². The van der Waals surface area contributed by atoms with E-state index in [2.05, 4.69) is 36.5 Å². The number of nitrogens with one attached hydrogen (secondary N) is 2. The van der Waals surface area contributed by atoms with E-state index in [1.807, 2.05) is 0 Å². The second-order valence-corrected chi connectivity index (χ2v) is 4.81. The van der Waals surface area contributed by atoms with Crippen molar-refractivity contribution in [1.82, 2.24) is 15.8 Å². The Balaban J connectivity index is 2.37. The maximum Gasteiger partial charge on any atom is 0.181 e. The number of rotatable bonds is 3. The minimum absolute atomic E-state index is 0.579. The molecule has 1 rings (SSSR count). The minimum Gasteiger partial charge on any atom is -0.362 e. The van der Waals surface area contributed by atoms with E-state index in [0.29, 0.717) is 12.1 Å². The summed E-state index contributed by atoms with van der Waals surface area (Å²) in [4.78, 5) is 0. The van der Waals surface area contributed by atoms with E-state index in [0.717, 1.165) is 18.1 Å². The lowest BCUT2D eigenvalue weighted by Crippen LogP contribution is -2.56. The number of piperidine rings is 1. The number of hydrazine groups is 1. The first kappa shape index (κ1) is 12.7. The second kappa shape index (κ2) is 6.28. The van der Waals surface area contributed by atoms with Crippen LogP contribution in [-0.2, 0) is 0 Å². The highest BCUT2D eigenvalue weighted by Gasteiger charge is 2.24. The normalized spacial score (nSPS) is 27.4. The molecule has 0 radical (unpaired) electrons. The first-order valence-electron chi connectivity index (χ1n) is 5.98. The molecule has 0 saturated carbocycles. The van der Waals surface area contributed by atoms with Crippen LogP contribution in [0.25, 0.3) is 0 Å². The van der Waals surface area contributed by atoms with Crippen LogP contribution in [-0.4, -0.2) is 28.7 Å². The highest BCUT2D eigenvalue weighted by atomic mass is 32.1. The monoisotopic (exact) mass is 229 g/mol. The van der Waals surface area contributed by atoms with E-state index in [9.17, 15) is 0 Å². The molecule has 1 fully saturated rings. The van der Waals surface area contributed by atoms with Gasteiger partial charge in [0.25, 0.3) is 0 Å². The maximum absolute atomic E-state index is 5.24. The summed E-state index contributed by atoms with van der Waals surface area (Å²) < 4.78 is 0. The Morgan fingerprint density at radius 3 is 2.47 bits per heavy atom. The van der Waals surface area contributed by atoms with Crippen molar-refractivity contribution in [2.24, 2.45) is 0 Å². The van der Waals surface area contributed by atoms with Gasteiger partial charge in [-0.3, -0.25) is 5.43 Å². The SMILES string of the molecule is CCCNC(=S)NN1C(C)CCCC1C. The third-order valence-corrected chi connectivity index (χ3v) is 3.20.